The molecule has 0 aliphatic rings. The molecule has 4 rings (SSSR count). The molecule has 0 atom stereocenters. The van der Waals surface area contributed by atoms with E-state index in [9.17, 15) is 36.2 Å². The van der Waals surface area contributed by atoms with Crippen molar-refractivity contribution in [3.05, 3.63) is 108 Å². The second kappa shape index (κ2) is 13.5. The minimum atomic E-state index is -4.91. The summed E-state index contributed by atoms with van der Waals surface area (Å²) in [5, 5.41) is 37.3. The average Bonchev–Trinajstić information content (AvgIpc) is 2.99. The van der Waals surface area contributed by atoms with Crippen molar-refractivity contribution in [2.45, 2.75) is 22.0 Å². The van der Waals surface area contributed by atoms with Gasteiger partial charge in [0.15, 0.2) is 0 Å². The zero-order chi connectivity index (χ0) is 31.8. The van der Waals surface area contributed by atoms with Crippen LogP contribution < -0.4 is 0 Å². The fourth-order valence-corrected chi connectivity index (χ4v) is 5.11. The average molecular weight is 631 g/mol. The summed E-state index contributed by atoms with van der Waals surface area (Å²) in [6.07, 6.45) is -0.256. The summed E-state index contributed by atoms with van der Waals surface area (Å²) in [7, 11) is -9.53. The summed E-state index contributed by atoms with van der Waals surface area (Å²) in [6, 6.07) is 24.2. The van der Waals surface area contributed by atoms with E-state index in [1.54, 1.807) is 60.7 Å². The van der Waals surface area contributed by atoms with Crippen LogP contribution in [0.2, 0.25) is 0 Å². The lowest BCUT2D eigenvalue weighted by Crippen LogP contribution is -2.25. The molecule has 0 aliphatic heterocycles. The Morgan fingerprint density at radius 1 is 0.591 bits per heavy atom. The minimum absolute atomic E-state index is 0.0265. The maximum Gasteiger partial charge on any atom is 0.295 e. The van der Waals surface area contributed by atoms with Gasteiger partial charge in [0.2, 0.25) is 0 Å². The molecule has 0 saturated carbocycles. The van der Waals surface area contributed by atoms with Gasteiger partial charge >= 0.3 is 0 Å². The molecular weight excluding hydrogens is 608 g/mol. The first-order chi connectivity index (χ1) is 20.8. The molecule has 0 amide bonds. The van der Waals surface area contributed by atoms with Gasteiger partial charge in [-0.25, -0.2) is 0 Å². The summed E-state index contributed by atoms with van der Waals surface area (Å²) < 4.78 is 66.8. The van der Waals surface area contributed by atoms with E-state index in [-0.39, 0.29) is 23.4 Å². The van der Waals surface area contributed by atoms with E-state index >= 15 is 0 Å². The lowest BCUT2D eigenvalue weighted by molar-refractivity contribution is -0.118. The lowest BCUT2D eigenvalue weighted by Gasteiger charge is -2.18. The molecule has 0 saturated heterocycles. The van der Waals surface area contributed by atoms with E-state index in [1.807, 2.05) is 5.92 Å². The van der Waals surface area contributed by atoms with Crippen LogP contribution in [0.4, 0.5) is 22.7 Å². The monoisotopic (exact) mass is 630 g/mol. The Labute approximate surface area is 253 Å². The zero-order valence-corrected chi connectivity index (χ0v) is 24.1. The highest BCUT2D eigenvalue weighted by molar-refractivity contribution is 7.86. The van der Waals surface area contributed by atoms with Crippen LogP contribution in [0.25, 0.3) is 0 Å². The van der Waals surface area contributed by atoms with Crippen molar-refractivity contribution in [2.24, 2.45) is 20.5 Å². The molecule has 0 radical (unpaired) electrons. The zero-order valence-electron chi connectivity index (χ0n) is 22.5. The third-order valence-electron chi connectivity index (χ3n) is 5.68. The summed E-state index contributed by atoms with van der Waals surface area (Å²) in [4.78, 5) is -1.25. The van der Waals surface area contributed by atoms with Crippen molar-refractivity contribution in [1.29, 1.82) is 0 Å². The van der Waals surface area contributed by atoms with Crippen LogP contribution in [0.15, 0.2) is 127 Å². The highest BCUT2D eigenvalue weighted by atomic mass is 32.2. The summed E-state index contributed by atoms with van der Waals surface area (Å²) >= 11 is 0. The van der Waals surface area contributed by atoms with Crippen molar-refractivity contribution < 1.29 is 36.2 Å². The van der Waals surface area contributed by atoms with E-state index in [0.717, 1.165) is 18.2 Å². The van der Waals surface area contributed by atoms with Crippen LogP contribution in [0.5, 0.6) is 0 Å². The summed E-state index contributed by atoms with van der Waals surface area (Å²) in [5.74, 6) is 5.93. The largest absolute Gasteiger partial charge is 0.352 e. The van der Waals surface area contributed by atoms with Crippen LogP contribution in [0.1, 0.15) is 11.1 Å². The van der Waals surface area contributed by atoms with E-state index in [2.05, 4.69) is 38.2 Å². The maximum atomic E-state index is 11.9. The number of benzene rings is 4. The molecule has 12 nitrogen and oxygen atoms in total. The van der Waals surface area contributed by atoms with Gasteiger partial charge in [-0.05, 0) is 84.0 Å². The van der Waals surface area contributed by atoms with Crippen LogP contribution >= 0.6 is 0 Å². The Kier molecular flexibility index (Phi) is 9.77. The first kappa shape index (κ1) is 31.9. The Bertz CT molecular complexity index is 2080. The number of aliphatic hydroxyl groups is 2. The molecule has 0 heterocycles. The van der Waals surface area contributed by atoms with E-state index < -0.39 is 41.4 Å². The fraction of sp³-hybridized carbons (Fsp3) is 0.0667. The van der Waals surface area contributed by atoms with E-state index in [4.69, 9.17) is 0 Å². The normalized spacial score (nSPS) is 12.0. The van der Waals surface area contributed by atoms with E-state index in [1.165, 1.54) is 18.2 Å². The van der Waals surface area contributed by atoms with Gasteiger partial charge in [-0.3, -0.25) is 9.11 Å². The molecular formula is C30H22N4O8S2. The standard InChI is InChI=1S/C30H22N4O8S2/c35-30(36,27-21-26(16-18-29(27)44(40,41)42)34-32-24-13-7-2-8-14-24)19-9-3-4-10-22-20-25(15-17-28(22)43(37,38)39)33-31-23-11-5-1-6-12-23/h1-2,5-8,11-18,20-21,35-36H,10H2,(H,37,38,39)(H,40,41,42). The molecule has 0 fully saturated rings. The van der Waals surface area contributed by atoms with Crippen molar-refractivity contribution in [3.8, 4) is 23.7 Å². The number of nitrogens with zero attached hydrogens (tertiary/aromatic N) is 4. The fourth-order valence-electron chi connectivity index (χ4n) is 3.69. The predicted molar refractivity (Wildman–Crippen MR) is 159 cm³/mol. The first-order valence-electron chi connectivity index (χ1n) is 12.4. The second-order valence-electron chi connectivity index (χ2n) is 8.89. The Balaban J connectivity index is 1.61. The topological polar surface area (TPSA) is 199 Å². The molecule has 0 bridgehead atoms. The minimum Gasteiger partial charge on any atom is -0.352 e. The number of azo groups is 2. The van der Waals surface area contributed by atoms with Crippen LogP contribution in [-0.2, 0) is 32.4 Å². The van der Waals surface area contributed by atoms with Crippen molar-refractivity contribution in [2.75, 3.05) is 0 Å². The third-order valence-corrected chi connectivity index (χ3v) is 7.55. The molecule has 4 N–H and O–H groups in total. The Morgan fingerprint density at radius 2 is 1.07 bits per heavy atom. The SMILES string of the molecule is O=S(=O)(O)c1ccc(N=Nc2ccccc2)cc1CC#CC#CC(O)(O)c1cc(N=Nc2ccccc2)ccc1S(=O)(=O)O. The molecule has 4 aromatic rings. The number of hydrogen-bond acceptors (Lipinski definition) is 10. The summed E-state index contributed by atoms with van der Waals surface area (Å²) in [5.41, 5.74) is 0.694. The third kappa shape index (κ3) is 8.73. The Morgan fingerprint density at radius 3 is 1.59 bits per heavy atom. The van der Waals surface area contributed by atoms with Crippen LogP contribution in [0.3, 0.4) is 0 Å². The van der Waals surface area contributed by atoms with Crippen LogP contribution in [0, 0.1) is 23.7 Å². The molecule has 14 heteroatoms. The van der Waals surface area contributed by atoms with E-state index in [0.29, 0.717) is 11.4 Å². The van der Waals surface area contributed by atoms with Gasteiger partial charge in [-0.2, -0.15) is 37.3 Å². The summed E-state index contributed by atoms with van der Waals surface area (Å²) in [6.45, 7) is 0. The predicted octanol–water partition coefficient (Wildman–Crippen LogP) is 5.40. The lowest BCUT2D eigenvalue weighted by atomic mass is 10.1. The highest BCUT2D eigenvalue weighted by Gasteiger charge is 2.31. The van der Waals surface area contributed by atoms with Gasteiger partial charge in [0.05, 0.1) is 27.6 Å². The first-order valence-corrected chi connectivity index (χ1v) is 15.3. The van der Waals surface area contributed by atoms with Gasteiger partial charge < -0.3 is 10.2 Å². The Hall–Kier alpha value is -5.06. The second-order valence-corrected chi connectivity index (χ2v) is 11.7. The highest BCUT2D eigenvalue weighted by Crippen LogP contribution is 2.30. The van der Waals surface area contributed by atoms with Gasteiger partial charge in [0.25, 0.3) is 26.0 Å². The van der Waals surface area contributed by atoms with Crippen molar-refractivity contribution >= 4 is 43.0 Å². The molecule has 0 spiro atoms. The van der Waals surface area contributed by atoms with Gasteiger partial charge in [-0.1, -0.05) is 42.3 Å². The molecule has 44 heavy (non-hydrogen) atoms. The van der Waals surface area contributed by atoms with Crippen molar-refractivity contribution in [3.63, 3.8) is 0 Å². The maximum absolute atomic E-state index is 11.9. The van der Waals surface area contributed by atoms with Gasteiger partial charge in [0, 0.05) is 12.0 Å². The molecule has 0 unspecified atom stereocenters. The van der Waals surface area contributed by atoms with Crippen LogP contribution in [-0.4, -0.2) is 36.2 Å². The van der Waals surface area contributed by atoms with Gasteiger partial charge in [0.1, 0.15) is 4.90 Å². The smallest absolute Gasteiger partial charge is 0.295 e. The number of hydrogen-bond donors (Lipinski definition) is 4. The number of rotatable bonds is 8. The van der Waals surface area contributed by atoms with Gasteiger partial charge in [-0.15, -0.1) is 0 Å². The van der Waals surface area contributed by atoms with Crippen molar-refractivity contribution in [1.82, 2.24) is 0 Å². The molecule has 222 valence electrons. The molecule has 0 aromatic heterocycles. The molecule has 4 aromatic carbocycles. The molecule has 0 aliphatic carbocycles. The quantitative estimate of drug-likeness (QED) is 0.0858.